The van der Waals surface area contributed by atoms with E-state index in [1.54, 1.807) is 6.08 Å². The predicted molar refractivity (Wildman–Crippen MR) is 333 cm³/mol. The van der Waals surface area contributed by atoms with Gasteiger partial charge >= 0.3 is 0 Å². The van der Waals surface area contributed by atoms with Crippen molar-refractivity contribution < 1.29 is 89.4 Å². The van der Waals surface area contributed by atoms with Gasteiger partial charge in [0.2, 0.25) is 5.91 Å². The Morgan fingerprint density at radius 3 is 1.09 bits per heavy atom. The normalized spacial score (nSPS) is 28.8. The zero-order valence-electron chi connectivity index (χ0n) is 53.6. The first kappa shape index (κ1) is 78.8. The van der Waals surface area contributed by atoms with Gasteiger partial charge in [-0.15, -0.1) is 0 Å². The summed E-state index contributed by atoms with van der Waals surface area (Å²) in [6.45, 7) is 1.71. The maximum Gasteiger partial charge on any atom is 0.220 e. The molecule has 3 rings (SSSR count). The number of hydrogen-bond acceptors (Lipinski definition) is 18. The van der Waals surface area contributed by atoms with Gasteiger partial charge in [0.15, 0.2) is 18.9 Å². The van der Waals surface area contributed by atoms with Gasteiger partial charge in [0.05, 0.1) is 38.6 Å². The Morgan fingerprint density at radius 1 is 0.407 bits per heavy atom. The minimum atomic E-state index is -1.97. The zero-order valence-corrected chi connectivity index (χ0v) is 53.6. The number of carbonyl (C=O) groups is 1. The van der Waals surface area contributed by atoms with Crippen molar-refractivity contribution in [3.05, 3.63) is 12.2 Å². The first-order valence-corrected chi connectivity index (χ1v) is 34.9. The summed E-state index contributed by atoms with van der Waals surface area (Å²) >= 11 is 0. The number of aliphatic hydroxyl groups excluding tert-OH is 11. The van der Waals surface area contributed by atoms with Crippen molar-refractivity contribution in [2.24, 2.45) is 0 Å². The van der Waals surface area contributed by atoms with E-state index < -0.39 is 124 Å². The van der Waals surface area contributed by atoms with Crippen LogP contribution in [0.3, 0.4) is 0 Å². The van der Waals surface area contributed by atoms with E-state index in [4.69, 9.17) is 28.4 Å². The molecule has 508 valence electrons. The molecule has 0 aromatic heterocycles. The van der Waals surface area contributed by atoms with E-state index in [0.717, 1.165) is 44.9 Å². The predicted octanol–water partition coefficient (Wildman–Crippen LogP) is 8.89. The number of ether oxygens (including phenoxy) is 6. The third kappa shape index (κ3) is 32.2. The fourth-order valence-corrected chi connectivity index (χ4v) is 12.1. The molecule has 0 bridgehead atoms. The number of amides is 1. The number of allylic oxidation sites excluding steroid dienone is 1. The highest BCUT2D eigenvalue weighted by molar-refractivity contribution is 5.76. The molecule has 19 heteroatoms. The molecule has 3 aliphatic heterocycles. The Balaban J connectivity index is 1.33. The van der Waals surface area contributed by atoms with Crippen LogP contribution in [-0.4, -0.2) is 193 Å². The number of aliphatic hydroxyl groups is 11. The summed E-state index contributed by atoms with van der Waals surface area (Å²) in [4.78, 5) is 13.2. The maximum absolute atomic E-state index is 13.2. The molecule has 3 saturated heterocycles. The number of unbranched alkanes of at least 4 members (excludes halogenated alkanes) is 38. The second-order valence-electron chi connectivity index (χ2n) is 25.4. The number of hydrogen-bond donors (Lipinski definition) is 12. The minimum Gasteiger partial charge on any atom is -0.394 e. The van der Waals surface area contributed by atoms with Crippen molar-refractivity contribution in [1.29, 1.82) is 0 Å². The Morgan fingerprint density at radius 2 is 0.721 bits per heavy atom. The zero-order chi connectivity index (χ0) is 62.6. The minimum absolute atomic E-state index is 0.246. The monoisotopic (exact) mass is 1230 g/mol. The molecule has 1 amide bonds. The van der Waals surface area contributed by atoms with Crippen LogP contribution in [0.1, 0.15) is 277 Å². The Labute approximate surface area is 518 Å². The fraction of sp³-hybridized carbons (Fsp3) is 0.955. The van der Waals surface area contributed by atoms with Crippen molar-refractivity contribution in [2.75, 3.05) is 26.4 Å². The smallest absolute Gasteiger partial charge is 0.220 e. The highest BCUT2D eigenvalue weighted by Gasteiger charge is 2.53. The van der Waals surface area contributed by atoms with Crippen LogP contribution in [-0.2, 0) is 33.2 Å². The van der Waals surface area contributed by atoms with Crippen LogP contribution in [0.15, 0.2) is 12.2 Å². The number of carbonyl (C=O) groups excluding carboxylic acids is 1. The van der Waals surface area contributed by atoms with Gasteiger partial charge in [-0.05, 0) is 19.3 Å². The molecule has 3 heterocycles. The van der Waals surface area contributed by atoms with Crippen molar-refractivity contribution in [2.45, 2.75) is 381 Å². The van der Waals surface area contributed by atoms with Crippen LogP contribution in [0.25, 0.3) is 0 Å². The van der Waals surface area contributed by atoms with Gasteiger partial charge in [-0.25, -0.2) is 0 Å². The largest absolute Gasteiger partial charge is 0.394 e. The van der Waals surface area contributed by atoms with Crippen LogP contribution < -0.4 is 5.32 Å². The van der Waals surface area contributed by atoms with Gasteiger partial charge in [0, 0.05) is 6.42 Å². The molecule has 0 aromatic carbocycles. The summed E-state index contributed by atoms with van der Waals surface area (Å²) in [7, 11) is 0. The molecule has 0 spiro atoms. The average molecular weight is 1230 g/mol. The lowest BCUT2D eigenvalue weighted by atomic mass is 9.96. The first-order chi connectivity index (χ1) is 41.8. The van der Waals surface area contributed by atoms with Gasteiger partial charge in [-0.3, -0.25) is 4.79 Å². The summed E-state index contributed by atoms with van der Waals surface area (Å²) in [6, 6.07) is -0.966. The lowest BCUT2D eigenvalue weighted by Gasteiger charge is -2.48. The Hall–Kier alpha value is -1.47. The maximum atomic E-state index is 13.2. The molecule has 0 saturated carbocycles. The summed E-state index contributed by atoms with van der Waals surface area (Å²) in [5, 5.41) is 120. The summed E-state index contributed by atoms with van der Waals surface area (Å²) in [5.74, 6) is -0.278. The van der Waals surface area contributed by atoms with Gasteiger partial charge in [-0.2, -0.15) is 0 Å². The molecule has 17 unspecified atom stereocenters. The highest BCUT2D eigenvalue weighted by Crippen LogP contribution is 2.33. The summed E-state index contributed by atoms with van der Waals surface area (Å²) in [6.07, 6.45) is 28.3. The van der Waals surface area contributed by atoms with Gasteiger partial charge in [0.25, 0.3) is 0 Å². The lowest BCUT2D eigenvalue weighted by Crippen LogP contribution is -2.66. The highest BCUT2D eigenvalue weighted by atomic mass is 16.8. The second kappa shape index (κ2) is 50.1. The van der Waals surface area contributed by atoms with E-state index in [1.807, 2.05) is 6.08 Å². The third-order valence-corrected chi connectivity index (χ3v) is 17.8. The average Bonchev–Trinajstić information content (AvgIpc) is 1.19. The van der Waals surface area contributed by atoms with Gasteiger partial charge in [0.1, 0.15) is 73.2 Å². The van der Waals surface area contributed by atoms with Crippen LogP contribution in [0.4, 0.5) is 0 Å². The van der Waals surface area contributed by atoms with Crippen molar-refractivity contribution in [3.63, 3.8) is 0 Å². The fourth-order valence-electron chi connectivity index (χ4n) is 12.1. The summed E-state index contributed by atoms with van der Waals surface area (Å²) in [5.41, 5.74) is 0. The number of rotatable bonds is 54. The molecule has 0 aliphatic carbocycles. The van der Waals surface area contributed by atoms with Crippen LogP contribution >= 0.6 is 0 Å². The summed E-state index contributed by atoms with van der Waals surface area (Å²) < 4.78 is 34.2. The molecule has 86 heavy (non-hydrogen) atoms. The van der Waals surface area contributed by atoms with Crippen LogP contribution in [0.5, 0.6) is 0 Å². The van der Waals surface area contributed by atoms with Gasteiger partial charge in [-0.1, -0.05) is 264 Å². The van der Waals surface area contributed by atoms with Crippen LogP contribution in [0.2, 0.25) is 0 Å². The Kier molecular flexibility index (Phi) is 45.9. The SMILES string of the molecule is CCCCCCCCCCCCCCCCCCCCCCCCCCCCCCCCC/C=C/C(O)C(COC1OC(CO)C(OC2OC(CO)C(OC3OC(CO)C(O)C(O)C3O)C(O)C2O)C(O)C1O)NC(=O)CCCCCCCCCC. The molecule has 17 atom stereocenters. The van der Waals surface area contributed by atoms with E-state index in [1.165, 1.54) is 205 Å². The molecule has 0 aromatic rings. The van der Waals surface area contributed by atoms with E-state index in [0.29, 0.717) is 6.42 Å². The molecule has 12 N–H and O–H groups in total. The van der Waals surface area contributed by atoms with E-state index in [9.17, 15) is 61.0 Å². The van der Waals surface area contributed by atoms with Gasteiger partial charge < -0.3 is 89.9 Å². The van der Waals surface area contributed by atoms with E-state index in [-0.39, 0.29) is 18.9 Å². The third-order valence-electron chi connectivity index (χ3n) is 17.8. The first-order valence-electron chi connectivity index (χ1n) is 34.9. The van der Waals surface area contributed by atoms with E-state index >= 15 is 0 Å². The molecular weight excluding hydrogens is 1110 g/mol. The van der Waals surface area contributed by atoms with Crippen LogP contribution in [0, 0.1) is 0 Å². The molecular formula is C67H127NO18. The topological polar surface area (TPSA) is 307 Å². The molecule has 0 radical (unpaired) electrons. The Bertz CT molecular complexity index is 1620. The van der Waals surface area contributed by atoms with Crippen molar-refractivity contribution >= 4 is 5.91 Å². The van der Waals surface area contributed by atoms with E-state index in [2.05, 4.69) is 19.2 Å². The molecule has 19 nitrogen and oxygen atoms in total. The van der Waals surface area contributed by atoms with Crippen molar-refractivity contribution in [1.82, 2.24) is 5.32 Å². The number of nitrogens with one attached hydrogen (secondary N) is 1. The molecule has 3 fully saturated rings. The molecule has 3 aliphatic rings. The quantitative estimate of drug-likeness (QED) is 0.0200. The standard InChI is InChI=1S/C67H127NO18/c1-3-5-7-9-11-13-14-15-16-17-18-19-20-21-22-23-24-25-26-27-28-29-30-31-32-33-34-35-36-37-38-40-42-44-51(72)50(68-55(73)45-43-41-39-12-10-8-6-4-2)49-81-65-61(79)58(76)63(53(47-70)83-65)86-67-62(80)59(77)64(54(48-71)84-67)85-66-60(78)57(75)56(74)52(46-69)82-66/h42,44,50-54,56-67,69-72,74-80H,3-41,43,45-49H2,1-2H3,(H,68,73)/b44-42+. The lowest BCUT2D eigenvalue weighted by molar-refractivity contribution is -0.379. The van der Waals surface area contributed by atoms with Crippen molar-refractivity contribution in [3.8, 4) is 0 Å². The second-order valence-corrected chi connectivity index (χ2v) is 25.4.